The lowest BCUT2D eigenvalue weighted by molar-refractivity contribution is -0.384. The van der Waals surface area contributed by atoms with Gasteiger partial charge in [-0.05, 0) is 90.7 Å². The summed E-state index contributed by atoms with van der Waals surface area (Å²) < 4.78 is 40.7. The van der Waals surface area contributed by atoms with Crippen molar-refractivity contribution in [1.82, 2.24) is 0 Å². The molecule has 0 aromatic carbocycles. The maximum absolute atomic E-state index is 15.4. The molecule has 15 atom stereocenters. The number of Topliss-reactive ketones (excluding diaryl/α,β-unsaturated/α-hetero) is 1. The highest BCUT2D eigenvalue weighted by Crippen LogP contribution is 2.73. The Morgan fingerprint density at radius 3 is 1.70 bits per heavy atom. The molecule has 2 fully saturated rings. The molecule has 2 saturated carbocycles. The highest BCUT2D eigenvalue weighted by atomic mass is 16.7. The van der Waals surface area contributed by atoms with Gasteiger partial charge in [-0.1, -0.05) is 59.6 Å². The van der Waals surface area contributed by atoms with Crippen LogP contribution in [0.1, 0.15) is 117 Å². The number of esters is 4. The Hall–Kier alpha value is -5.13. The minimum atomic E-state index is -2.63. The largest absolute Gasteiger partial charge is 0.472 e. The fraction of sp³-hybridized carbons (Fsp3) is 0.611. The van der Waals surface area contributed by atoms with Gasteiger partial charge >= 0.3 is 23.9 Å². The number of aliphatic hydroxyl groups is 4. The van der Waals surface area contributed by atoms with E-state index in [1.54, 1.807) is 59.9 Å². The highest BCUT2D eigenvalue weighted by Gasteiger charge is 2.77. The molecule has 4 heterocycles. The average molecular weight is 969 g/mol. The molecule has 4 N–H and O–H groups in total. The zero-order valence-electron chi connectivity index (χ0n) is 41.3. The van der Waals surface area contributed by atoms with E-state index in [1.807, 2.05) is 13.8 Å². The van der Waals surface area contributed by atoms with Gasteiger partial charge in [0.05, 0.1) is 56.9 Å². The SMILES string of the molecule is COC(=O)C(O)C1C(C)(C)C(O)C2CC3=C(CCC4(C)C3=CC(=O)OC4c3ccoc3)C1(C)C2(O)OC(C(=O)OC)C1C2(C)C(=O)C(CC3=C2CCC2(C)C3=CC(=O)OC2c2ccoc2)C(O)C1(C)C. The van der Waals surface area contributed by atoms with Crippen LogP contribution in [-0.2, 0) is 47.7 Å². The van der Waals surface area contributed by atoms with Crippen LogP contribution in [0.4, 0.5) is 0 Å². The molecule has 16 heteroatoms. The first-order valence-electron chi connectivity index (χ1n) is 24.3. The number of methoxy groups -OCH3 is 2. The van der Waals surface area contributed by atoms with Gasteiger partial charge in [-0.2, -0.15) is 0 Å². The number of fused-ring (bicyclic) bond motifs is 10. The van der Waals surface area contributed by atoms with Crippen molar-refractivity contribution in [2.75, 3.05) is 14.2 Å². The van der Waals surface area contributed by atoms with Crippen LogP contribution < -0.4 is 0 Å². The van der Waals surface area contributed by atoms with Crippen molar-refractivity contribution < 1.29 is 76.9 Å². The molecule has 2 aromatic rings. The predicted molar refractivity (Wildman–Crippen MR) is 244 cm³/mol. The first-order chi connectivity index (χ1) is 32.8. The van der Waals surface area contributed by atoms with Gasteiger partial charge in [-0.15, -0.1) is 0 Å². The Kier molecular flexibility index (Phi) is 10.9. The minimum absolute atomic E-state index is 0.0846. The molecule has 15 unspecified atom stereocenters. The van der Waals surface area contributed by atoms with Gasteiger partial charge in [-0.25, -0.2) is 19.2 Å². The zero-order chi connectivity index (χ0) is 50.6. The molecule has 2 aromatic heterocycles. The third-order valence-corrected chi connectivity index (χ3v) is 19.4. The van der Waals surface area contributed by atoms with Gasteiger partial charge in [0.1, 0.15) is 18.0 Å². The number of cyclic esters (lactones) is 2. The Morgan fingerprint density at radius 2 is 1.20 bits per heavy atom. The van der Waals surface area contributed by atoms with E-state index < -0.39 is 122 Å². The molecule has 0 radical (unpaired) electrons. The van der Waals surface area contributed by atoms with Gasteiger partial charge in [-0.3, -0.25) is 4.79 Å². The second-order valence-electron chi connectivity index (χ2n) is 23.2. The van der Waals surface area contributed by atoms with Crippen molar-refractivity contribution in [1.29, 1.82) is 0 Å². The fourth-order valence-electron chi connectivity index (χ4n) is 16.0. The Labute approximate surface area is 406 Å². The summed E-state index contributed by atoms with van der Waals surface area (Å²) in [6, 6.07) is 3.48. The van der Waals surface area contributed by atoms with E-state index >= 15 is 4.79 Å². The topological polar surface area (TPSA) is 239 Å². The van der Waals surface area contributed by atoms with E-state index in [0.29, 0.717) is 63.8 Å². The maximum Gasteiger partial charge on any atom is 0.335 e. The normalized spacial score (nSPS) is 41.0. The molecule has 16 nitrogen and oxygen atoms in total. The zero-order valence-corrected chi connectivity index (χ0v) is 41.3. The molecule has 0 amide bonds. The molecular formula is C54H64O16. The van der Waals surface area contributed by atoms with Gasteiger partial charge < -0.3 is 52.9 Å². The highest BCUT2D eigenvalue weighted by molar-refractivity contribution is 5.96. The summed E-state index contributed by atoms with van der Waals surface area (Å²) in [6.07, 6.45) is 2.10. The lowest BCUT2D eigenvalue weighted by Crippen LogP contribution is -2.76. The van der Waals surface area contributed by atoms with Crippen molar-refractivity contribution >= 4 is 29.7 Å². The Balaban J connectivity index is 1.17. The van der Waals surface area contributed by atoms with Crippen molar-refractivity contribution in [3.8, 4) is 0 Å². The fourth-order valence-corrected chi connectivity index (χ4v) is 16.0. The number of rotatable bonds is 8. The first kappa shape index (κ1) is 48.5. The third kappa shape index (κ3) is 6.09. The van der Waals surface area contributed by atoms with Gasteiger partial charge in [0.25, 0.3) is 0 Å². The Bertz CT molecular complexity index is 2700. The molecule has 2 aliphatic heterocycles. The standard InChI is InChI=1S/C54H64O16/c1-48(2)39(37(57)46(61)64-9)53(8)31-12-16-51(6)33(22-36(56)69-45(51)26-14-18-67-24-26)28(31)20-34(43(48)60)54(53,63)70-38(47(62)65-10)40-49(3,4)41(58)29-19-27-30(52(40,7)42(29)59)11-15-50(5)32(27)21-35(55)68-44(50)25-13-17-66-23-25/h13-14,17-18,21-24,29,34,37-41,43-45,57-58,60,63H,11-12,15-16,19-20H2,1-10H3. The summed E-state index contributed by atoms with van der Waals surface area (Å²) in [4.78, 5) is 71.2. The number of hydrogen-bond donors (Lipinski definition) is 4. The van der Waals surface area contributed by atoms with Crippen LogP contribution in [0.2, 0.25) is 0 Å². The third-order valence-electron chi connectivity index (χ3n) is 19.4. The average Bonchev–Trinajstić information content (AvgIpc) is 4.05. The second-order valence-corrected chi connectivity index (χ2v) is 23.2. The van der Waals surface area contributed by atoms with Crippen LogP contribution in [0.15, 0.2) is 91.6 Å². The molecule has 376 valence electrons. The molecule has 0 spiro atoms. The summed E-state index contributed by atoms with van der Waals surface area (Å²) in [5.41, 5.74) is -2.60. The van der Waals surface area contributed by atoms with E-state index in [0.717, 1.165) is 14.2 Å². The minimum Gasteiger partial charge on any atom is -0.472 e. The van der Waals surface area contributed by atoms with Crippen LogP contribution in [0.25, 0.3) is 0 Å². The van der Waals surface area contributed by atoms with Crippen LogP contribution in [0.3, 0.4) is 0 Å². The lowest BCUT2D eigenvalue weighted by Gasteiger charge is -2.69. The summed E-state index contributed by atoms with van der Waals surface area (Å²) in [7, 11) is 2.28. The van der Waals surface area contributed by atoms with Crippen molar-refractivity contribution in [2.24, 2.45) is 56.2 Å². The van der Waals surface area contributed by atoms with Crippen molar-refractivity contribution in [3.05, 3.63) is 93.9 Å². The predicted octanol–water partition coefficient (Wildman–Crippen LogP) is 6.25. The monoisotopic (exact) mass is 968 g/mol. The van der Waals surface area contributed by atoms with E-state index in [1.165, 1.54) is 30.9 Å². The van der Waals surface area contributed by atoms with E-state index in [4.69, 9.17) is 32.5 Å². The van der Waals surface area contributed by atoms with E-state index in [9.17, 15) is 39.6 Å². The summed E-state index contributed by atoms with van der Waals surface area (Å²) >= 11 is 0. The van der Waals surface area contributed by atoms with Gasteiger partial charge in [0.15, 0.2) is 18.0 Å². The first-order valence-corrected chi connectivity index (χ1v) is 24.3. The quantitative estimate of drug-likeness (QED) is 0.130. The molecule has 6 aliphatic carbocycles. The van der Waals surface area contributed by atoms with Crippen molar-refractivity contribution in [3.63, 3.8) is 0 Å². The Morgan fingerprint density at radius 1 is 0.700 bits per heavy atom. The number of ether oxygens (including phenoxy) is 5. The second kappa shape index (κ2) is 15.7. The summed E-state index contributed by atoms with van der Waals surface area (Å²) in [6.45, 7) is 14.3. The summed E-state index contributed by atoms with van der Waals surface area (Å²) in [5.74, 6) is -11.1. The molecule has 4 bridgehead atoms. The number of carbonyl (C=O) groups excluding carboxylic acids is 5. The van der Waals surface area contributed by atoms with Crippen LogP contribution in [-0.4, -0.2) is 94.5 Å². The maximum atomic E-state index is 15.4. The van der Waals surface area contributed by atoms with Gasteiger partial charge in [0.2, 0.25) is 0 Å². The number of ketones is 1. The van der Waals surface area contributed by atoms with Crippen LogP contribution >= 0.6 is 0 Å². The number of carbonyl (C=O) groups is 5. The number of allylic oxidation sites excluding steroid dienone is 3. The molecule has 70 heavy (non-hydrogen) atoms. The van der Waals surface area contributed by atoms with E-state index in [2.05, 4.69) is 0 Å². The van der Waals surface area contributed by atoms with Crippen LogP contribution in [0.5, 0.6) is 0 Å². The molecule has 10 rings (SSSR count). The summed E-state index contributed by atoms with van der Waals surface area (Å²) in [5, 5.41) is 51.9. The number of furan rings is 2. The molecular weight excluding hydrogens is 905 g/mol. The van der Waals surface area contributed by atoms with Crippen LogP contribution in [0, 0.1) is 56.2 Å². The lowest BCUT2D eigenvalue weighted by atomic mass is 9.40. The van der Waals surface area contributed by atoms with Crippen molar-refractivity contribution in [2.45, 2.75) is 136 Å². The van der Waals surface area contributed by atoms with Gasteiger partial charge in [0, 0.05) is 63.2 Å². The smallest absolute Gasteiger partial charge is 0.335 e. The molecule has 8 aliphatic rings. The number of hydrogen-bond acceptors (Lipinski definition) is 16. The molecule has 0 saturated heterocycles. The van der Waals surface area contributed by atoms with E-state index in [-0.39, 0.29) is 25.0 Å². The number of aliphatic hydroxyl groups excluding tert-OH is 3.